The van der Waals surface area contributed by atoms with Gasteiger partial charge in [0.1, 0.15) is 12.6 Å². The van der Waals surface area contributed by atoms with Gasteiger partial charge in [0.15, 0.2) is 11.5 Å². The summed E-state index contributed by atoms with van der Waals surface area (Å²) in [6, 6.07) is 23.9. The highest BCUT2D eigenvalue weighted by atomic mass is 16.6. The molecule has 10 nitrogen and oxygen atoms in total. The first-order chi connectivity index (χ1) is 19.5. The number of hydrogen-bond donors (Lipinski definition) is 1. The van der Waals surface area contributed by atoms with E-state index in [2.05, 4.69) is 9.97 Å². The van der Waals surface area contributed by atoms with Gasteiger partial charge in [-0.2, -0.15) is 4.98 Å². The van der Waals surface area contributed by atoms with E-state index in [0.717, 1.165) is 18.2 Å². The summed E-state index contributed by atoms with van der Waals surface area (Å²) in [6.45, 7) is 0.0406. The van der Waals surface area contributed by atoms with Crippen molar-refractivity contribution in [3.05, 3.63) is 113 Å². The number of methoxy groups -OCH3 is 1. The fourth-order valence-electron chi connectivity index (χ4n) is 4.46. The Balaban J connectivity index is 1.51. The molecule has 1 amide bonds. The first-order valence-electron chi connectivity index (χ1n) is 12.5. The van der Waals surface area contributed by atoms with E-state index in [9.17, 15) is 19.5 Å². The van der Waals surface area contributed by atoms with Gasteiger partial charge in [-0.3, -0.25) is 4.90 Å². The van der Waals surface area contributed by atoms with E-state index in [4.69, 9.17) is 14.2 Å². The number of aryl methyl sites for hydroxylation is 1. The lowest BCUT2D eigenvalue weighted by Gasteiger charge is -2.35. The normalized spacial score (nSPS) is 14.1. The molecule has 0 spiro atoms. The Morgan fingerprint density at radius 1 is 0.900 bits per heavy atom. The first kappa shape index (κ1) is 26.4. The van der Waals surface area contributed by atoms with Crippen molar-refractivity contribution in [3.63, 3.8) is 0 Å². The number of carbonyl (C=O) groups is 3. The fourth-order valence-corrected chi connectivity index (χ4v) is 4.46. The Morgan fingerprint density at radius 2 is 1.57 bits per heavy atom. The monoisotopic (exact) mass is 539 g/mol. The first-order valence-corrected chi connectivity index (χ1v) is 12.5. The summed E-state index contributed by atoms with van der Waals surface area (Å²) in [4.78, 5) is 48.7. The predicted molar refractivity (Wildman–Crippen MR) is 143 cm³/mol. The molecule has 0 fully saturated rings. The number of benzene rings is 3. The van der Waals surface area contributed by atoms with Crippen molar-refractivity contribution in [2.24, 2.45) is 0 Å². The number of aromatic nitrogens is 2. The van der Waals surface area contributed by atoms with Gasteiger partial charge >= 0.3 is 18.0 Å². The van der Waals surface area contributed by atoms with E-state index in [0.29, 0.717) is 18.5 Å². The van der Waals surface area contributed by atoms with E-state index >= 15 is 0 Å². The van der Waals surface area contributed by atoms with Crippen molar-refractivity contribution in [3.8, 4) is 11.6 Å². The highest BCUT2D eigenvalue weighted by Crippen LogP contribution is 2.40. The Morgan fingerprint density at radius 3 is 2.30 bits per heavy atom. The van der Waals surface area contributed by atoms with Crippen LogP contribution in [-0.4, -0.2) is 40.2 Å². The minimum Gasteiger partial charge on any atom is -0.491 e. The van der Waals surface area contributed by atoms with Crippen molar-refractivity contribution in [2.75, 3.05) is 12.0 Å². The van der Waals surface area contributed by atoms with Gasteiger partial charge in [0.25, 0.3) is 5.88 Å². The van der Waals surface area contributed by atoms with Crippen LogP contribution in [0.2, 0.25) is 0 Å². The number of carbonyl (C=O) groups excluding carboxylic acids is 3. The zero-order valence-corrected chi connectivity index (χ0v) is 21.5. The summed E-state index contributed by atoms with van der Waals surface area (Å²) in [6.07, 6.45) is 0.301. The number of rotatable bonds is 6. The Kier molecular flexibility index (Phi) is 7.68. The van der Waals surface area contributed by atoms with Crippen LogP contribution in [-0.2, 0) is 22.5 Å². The summed E-state index contributed by atoms with van der Waals surface area (Å²) in [5, 5.41) is 10.8. The number of ether oxygens (including phenoxy) is 3. The molecule has 1 atom stereocenters. The number of anilines is 1. The molecule has 4 aromatic rings. The van der Waals surface area contributed by atoms with Crippen molar-refractivity contribution >= 4 is 23.7 Å². The fraction of sp³-hybridized carbons (Fsp3) is 0.167. The number of aromatic hydroxyl groups is 1. The maximum Gasteiger partial charge on any atom is 0.415 e. The molecule has 1 N–H and O–H groups in total. The largest absolute Gasteiger partial charge is 0.491 e. The molecule has 1 aromatic heterocycles. The van der Waals surface area contributed by atoms with Crippen LogP contribution in [0.3, 0.4) is 0 Å². The van der Waals surface area contributed by atoms with Crippen LogP contribution in [0.5, 0.6) is 11.6 Å². The highest BCUT2D eigenvalue weighted by molar-refractivity contribution is 5.96. The van der Waals surface area contributed by atoms with E-state index in [1.807, 2.05) is 42.5 Å². The lowest BCUT2D eigenvalue weighted by molar-refractivity contribution is 0.0582. The van der Waals surface area contributed by atoms with Gasteiger partial charge in [-0.25, -0.2) is 19.4 Å². The molecule has 0 saturated heterocycles. The minimum absolute atomic E-state index is 0.0384. The predicted octanol–water partition coefficient (Wildman–Crippen LogP) is 5.02. The van der Waals surface area contributed by atoms with Crippen molar-refractivity contribution in [1.82, 2.24) is 9.97 Å². The summed E-state index contributed by atoms with van der Waals surface area (Å²) in [7, 11) is 1.13. The maximum atomic E-state index is 13.5. The molecule has 0 bridgehead atoms. The smallest absolute Gasteiger partial charge is 0.415 e. The third-order valence-corrected chi connectivity index (χ3v) is 6.40. The van der Waals surface area contributed by atoms with Gasteiger partial charge in [-0.1, -0.05) is 66.7 Å². The molecule has 1 unspecified atom stereocenters. The summed E-state index contributed by atoms with van der Waals surface area (Å²) < 4.78 is 15.8. The number of para-hydroxylation sites is 1. The quantitative estimate of drug-likeness (QED) is 0.336. The molecular formula is C30H25N3O7. The average Bonchev–Trinajstić information content (AvgIpc) is 3.00. The van der Waals surface area contributed by atoms with Gasteiger partial charge in [0.2, 0.25) is 5.75 Å². The molecule has 1 aliphatic rings. The van der Waals surface area contributed by atoms with E-state index < -0.39 is 41.4 Å². The van der Waals surface area contributed by atoms with Crippen LogP contribution in [0, 0.1) is 0 Å². The van der Waals surface area contributed by atoms with Gasteiger partial charge in [-0.15, -0.1) is 0 Å². The SMILES string of the molecule is COC(=O)c1nc(C2CCc3ccccc3N2C(=O)OCc2ccccc2)nc(O)c1OC(=O)c1ccccc1. The molecule has 3 aromatic carbocycles. The molecule has 0 aliphatic carbocycles. The molecule has 202 valence electrons. The van der Waals surface area contributed by atoms with Gasteiger partial charge in [-0.05, 0) is 42.2 Å². The van der Waals surface area contributed by atoms with Crippen molar-refractivity contribution < 1.29 is 33.7 Å². The molecular weight excluding hydrogens is 514 g/mol. The number of hydrogen-bond acceptors (Lipinski definition) is 9. The summed E-state index contributed by atoms with van der Waals surface area (Å²) in [5.74, 6) is -3.10. The molecule has 40 heavy (non-hydrogen) atoms. The van der Waals surface area contributed by atoms with Gasteiger partial charge in [0.05, 0.1) is 18.4 Å². The zero-order valence-electron chi connectivity index (χ0n) is 21.5. The second-order valence-corrected chi connectivity index (χ2v) is 8.92. The number of amides is 1. The molecule has 1 aliphatic heterocycles. The number of nitrogens with zero attached hydrogens (tertiary/aromatic N) is 3. The Bertz CT molecular complexity index is 1540. The van der Waals surface area contributed by atoms with Crippen molar-refractivity contribution in [1.29, 1.82) is 0 Å². The Hall–Kier alpha value is -5.25. The molecule has 10 heteroatoms. The number of fused-ring (bicyclic) bond motifs is 1. The highest BCUT2D eigenvalue weighted by Gasteiger charge is 2.37. The topological polar surface area (TPSA) is 128 Å². The second kappa shape index (κ2) is 11.6. The van der Waals surface area contributed by atoms with Crippen molar-refractivity contribution in [2.45, 2.75) is 25.5 Å². The molecule has 5 rings (SSSR count). The van der Waals surface area contributed by atoms with Gasteiger partial charge < -0.3 is 19.3 Å². The van der Waals surface area contributed by atoms with Crippen LogP contribution in [0.15, 0.2) is 84.9 Å². The third-order valence-electron chi connectivity index (χ3n) is 6.40. The van der Waals surface area contributed by atoms with Crippen LogP contribution < -0.4 is 9.64 Å². The molecule has 0 saturated carbocycles. The lowest BCUT2D eigenvalue weighted by Crippen LogP contribution is -2.39. The summed E-state index contributed by atoms with van der Waals surface area (Å²) >= 11 is 0. The lowest BCUT2D eigenvalue weighted by atomic mass is 9.95. The van der Waals surface area contributed by atoms with E-state index in [1.54, 1.807) is 30.3 Å². The summed E-state index contributed by atoms with van der Waals surface area (Å²) in [5.41, 5.74) is 2.06. The van der Waals surface area contributed by atoms with Crippen LogP contribution >= 0.6 is 0 Å². The standard InChI is InChI=1S/C30H25N3O7/c1-38-29(36)24-25(40-28(35)21-13-6-3-7-14-21)27(34)32-26(31-24)23-17-16-20-12-8-9-15-22(20)33(23)30(37)39-18-19-10-4-2-5-11-19/h2-15,23H,16-18H2,1H3,(H,31,32,34). The average molecular weight is 540 g/mol. The number of esters is 2. The second-order valence-electron chi connectivity index (χ2n) is 8.92. The molecule has 0 radical (unpaired) electrons. The zero-order chi connectivity index (χ0) is 28.1. The van der Waals surface area contributed by atoms with Crippen LogP contribution in [0.1, 0.15) is 50.3 Å². The van der Waals surface area contributed by atoms with Crippen LogP contribution in [0.4, 0.5) is 10.5 Å². The van der Waals surface area contributed by atoms with Gasteiger partial charge in [0, 0.05) is 0 Å². The van der Waals surface area contributed by atoms with E-state index in [-0.39, 0.29) is 18.0 Å². The maximum absolute atomic E-state index is 13.5. The molecule has 2 heterocycles. The minimum atomic E-state index is -0.954. The Labute approximate surface area is 229 Å². The van der Waals surface area contributed by atoms with Crippen LogP contribution in [0.25, 0.3) is 0 Å². The third kappa shape index (κ3) is 5.46. The van der Waals surface area contributed by atoms with E-state index in [1.165, 1.54) is 17.0 Å².